The average Bonchev–Trinajstić information content (AvgIpc) is 2.96. The summed E-state index contributed by atoms with van der Waals surface area (Å²) in [6, 6.07) is 4.94. The van der Waals surface area contributed by atoms with Gasteiger partial charge < -0.3 is 23.7 Å². The van der Waals surface area contributed by atoms with Gasteiger partial charge in [-0.2, -0.15) is 0 Å². The molecule has 0 aliphatic heterocycles. The SMILES string of the molecule is COc1ccc(OC)c(-c2oc(C(Br)CCNS(=O)O)c(OC(C)=O)c2O)c1. The lowest BCUT2D eigenvalue weighted by atomic mass is 10.1. The van der Waals surface area contributed by atoms with E-state index in [9.17, 15) is 14.1 Å². The number of carbonyl (C=O) groups excluding carboxylic acids is 1. The number of carbonyl (C=O) groups is 1. The minimum absolute atomic E-state index is 0.0325. The molecule has 0 saturated heterocycles. The first-order valence-corrected chi connectivity index (χ1v) is 10.1. The smallest absolute Gasteiger partial charge is 0.308 e. The third-order valence-electron chi connectivity index (χ3n) is 3.67. The van der Waals surface area contributed by atoms with Crippen molar-refractivity contribution in [3.8, 4) is 34.3 Å². The van der Waals surface area contributed by atoms with Gasteiger partial charge in [-0.25, -0.2) is 8.93 Å². The molecule has 0 fully saturated rings. The Bertz CT molecular complexity index is 869. The van der Waals surface area contributed by atoms with Crippen molar-refractivity contribution < 1.29 is 37.3 Å². The molecule has 154 valence electrons. The quantitative estimate of drug-likeness (QED) is 0.285. The van der Waals surface area contributed by atoms with Crippen LogP contribution in [0.25, 0.3) is 11.3 Å². The standard InChI is InChI=1S/C17H20BrNO8S/c1-9(20)26-17-14(21)15(11-8-10(24-2)4-5-13(11)25-3)27-16(17)12(18)6-7-19-28(22)23/h4-5,8,12,19,21H,6-7H2,1-3H3,(H,22,23). The van der Waals surface area contributed by atoms with E-state index in [1.54, 1.807) is 18.2 Å². The Balaban J connectivity index is 2.51. The van der Waals surface area contributed by atoms with Gasteiger partial charge in [0.1, 0.15) is 11.5 Å². The Hall–Kier alpha value is -2.08. The molecule has 0 aliphatic rings. The predicted octanol–water partition coefficient (Wildman–Crippen LogP) is 3.15. The number of rotatable bonds is 9. The second-order valence-electron chi connectivity index (χ2n) is 5.53. The summed E-state index contributed by atoms with van der Waals surface area (Å²) in [7, 11) is 2.96. The topological polar surface area (TPSA) is 127 Å². The van der Waals surface area contributed by atoms with Gasteiger partial charge in [0.05, 0.1) is 24.6 Å². The van der Waals surface area contributed by atoms with E-state index in [1.807, 2.05) is 0 Å². The third kappa shape index (κ3) is 5.25. The molecule has 0 saturated carbocycles. The van der Waals surface area contributed by atoms with Crippen LogP contribution in [0, 0.1) is 0 Å². The van der Waals surface area contributed by atoms with Crippen LogP contribution in [0.4, 0.5) is 0 Å². The number of benzene rings is 1. The van der Waals surface area contributed by atoms with Gasteiger partial charge in [-0.05, 0) is 24.6 Å². The Morgan fingerprint density at radius 1 is 1.36 bits per heavy atom. The molecular weight excluding hydrogens is 458 g/mol. The Kier molecular flexibility index (Phi) is 7.87. The zero-order valence-corrected chi connectivity index (χ0v) is 17.8. The maximum atomic E-state index is 11.5. The second kappa shape index (κ2) is 9.92. The van der Waals surface area contributed by atoms with Gasteiger partial charge in [0.15, 0.2) is 11.5 Å². The Morgan fingerprint density at radius 2 is 2.07 bits per heavy atom. The number of nitrogens with one attached hydrogen (secondary N) is 1. The molecule has 0 aliphatic carbocycles. The monoisotopic (exact) mass is 477 g/mol. The predicted molar refractivity (Wildman–Crippen MR) is 105 cm³/mol. The van der Waals surface area contributed by atoms with Crippen LogP contribution in [0.1, 0.15) is 23.9 Å². The fraction of sp³-hybridized carbons (Fsp3) is 0.353. The van der Waals surface area contributed by atoms with Crippen molar-refractivity contribution in [3.63, 3.8) is 0 Å². The van der Waals surface area contributed by atoms with E-state index in [-0.39, 0.29) is 29.6 Å². The highest BCUT2D eigenvalue weighted by atomic mass is 79.9. The van der Waals surface area contributed by atoms with Gasteiger partial charge in [-0.1, -0.05) is 15.9 Å². The molecule has 1 heterocycles. The summed E-state index contributed by atoms with van der Waals surface area (Å²) >= 11 is 1.23. The molecule has 3 N–H and O–H groups in total. The highest BCUT2D eigenvalue weighted by Gasteiger charge is 2.29. The number of halogens is 1. The molecule has 11 heteroatoms. The third-order valence-corrected chi connectivity index (χ3v) is 5.00. The van der Waals surface area contributed by atoms with Gasteiger partial charge in [0.2, 0.25) is 22.8 Å². The minimum Gasteiger partial charge on any atom is -0.502 e. The molecule has 0 spiro atoms. The number of hydrogen-bond acceptors (Lipinski definition) is 7. The maximum Gasteiger partial charge on any atom is 0.308 e. The first-order valence-electron chi connectivity index (χ1n) is 8.03. The Labute approximate surface area is 172 Å². The van der Waals surface area contributed by atoms with E-state index < -0.39 is 22.1 Å². The van der Waals surface area contributed by atoms with Crippen molar-refractivity contribution in [2.75, 3.05) is 20.8 Å². The molecule has 2 unspecified atom stereocenters. The molecule has 2 aromatic rings. The molecule has 9 nitrogen and oxygen atoms in total. The lowest BCUT2D eigenvalue weighted by Gasteiger charge is -2.09. The van der Waals surface area contributed by atoms with Gasteiger partial charge >= 0.3 is 5.97 Å². The van der Waals surface area contributed by atoms with E-state index in [1.165, 1.54) is 21.1 Å². The molecule has 0 bridgehead atoms. The summed E-state index contributed by atoms with van der Waals surface area (Å²) in [5, 5.41) is 10.7. The summed E-state index contributed by atoms with van der Waals surface area (Å²) in [6.45, 7) is 1.36. The van der Waals surface area contributed by atoms with Crippen LogP contribution in [0.2, 0.25) is 0 Å². The van der Waals surface area contributed by atoms with Crippen molar-refractivity contribution in [1.82, 2.24) is 4.72 Å². The highest BCUT2D eigenvalue weighted by Crippen LogP contribution is 2.50. The summed E-state index contributed by atoms with van der Waals surface area (Å²) in [5.74, 6) is -0.0558. The zero-order valence-electron chi connectivity index (χ0n) is 15.4. The largest absolute Gasteiger partial charge is 0.502 e. The van der Waals surface area contributed by atoms with Crippen LogP contribution in [0.5, 0.6) is 23.0 Å². The summed E-state index contributed by atoms with van der Waals surface area (Å²) < 4.78 is 43.4. The molecular formula is C17H20BrNO8S. The van der Waals surface area contributed by atoms with Crippen molar-refractivity contribution in [2.45, 2.75) is 18.2 Å². The van der Waals surface area contributed by atoms with Crippen LogP contribution in [-0.4, -0.2) is 40.6 Å². The lowest BCUT2D eigenvalue weighted by Crippen LogP contribution is -2.18. The van der Waals surface area contributed by atoms with Crippen molar-refractivity contribution in [2.24, 2.45) is 0 Å². The summed E-state index contributed by atoms with van der Waals surface area (Å²) in [6.07, 6.45) is 0.308. The van der Waals surface area contributed by atoms with Crippen LogP contribution >= 0.6 is 15.9 Å². The van der Waals surface area contributed by atoms with Crippen LogP contribution in [0.15, 0.2) is 22.6 Å². The van der Waals surface area contributed by atoms with Crippen molar-refractivity contribution in [3.05, 3.63) is 24.0 Å². The fourth-order valence-electron chi connectivity index (χ4n) is 2.45. The van der Waals surface area contributed by atoms with Crippen LogP contribution in [-0.2, 0) is 16.1 Å². The minimum atomic E-state index is -2.16. The lowest BCUT2D eigenvalue weighted by molar-refractivity contribution is -0.132. The zero-order chi connectivity index (χ0) is 20.8. The van der Waals surface area contributed by atoms with E-state index in [2.05, 4.69) is 20.7 Å². The Morgan fingerprint density at radius 3 is 2.64 bits per heavy atom. The van der Waals surface area contributed by atoms with E-state index in [0.717, 1.165) is 0 Å². The number of methoxy groups -OCH3 is 2. The highest BCUT2D eigenvalue weighted by molar-refractivity contribution is 9.09. The van der Waals surface area contributed by atoms with Gasteiger partial charge in [-0.3, -0.25) is 9.35 Å². The van der Waals surface area contributed by atoms with E-state index in [4.69, 9.17) is 23.2 Å². The molecule has 2 atom stereocenters. The van der Waals surface area contributed by atoms with Crippen molar-refractivity contribution >= 4 is 33.2 Å². The molecule has 28 heavy (non-hydrogen) atoms. The number of furan rings is 1. The van der Waals surface area contributed by atoms with Gasteiger partial charge in [0, 0.05) is 13.5 Å². The van der Waals surface area contributed by atoms with Gasteiger partial charge in [0.25, 0.3) is 0 Å². The average molecular weight is 478 g/mol. The second-order valence-corrected chi connectivity index (χ2v) is 7.43. The number of aromatic hydroxyl groups is 1. The molecule has 1 aromatic carbocycles. The van der Waals surface area contributed by atoms with Crippen LogP contribution in [0.3, 0.4) is 0 Å². The van der Waals surface area contributed by atoms with E-state index >= 15 is 0 Å². The molecule has 0 amide bonds. The maximum absolute atomic E-state index is 11.5. The number of ether oxygens (including phenoxy) is 3. The molecule has 1 aromatic heterocycles. The van der Waals surface area contributed by atoms with Gasteiger partial charge in [-0.15, -0.1) is 0 Å². The number of hydrogen-bond donors (Lipinski definition) is 3. The van der Waals surface area contributed by atoms with Crippen molar-refractivity contribution in [1.29, 1.82) is 0 Å². The molecule has 0 radical (unpaired) electrons. The van der Waals surface area contributed by atoms with Crippen LogP contribution < -0.4 is 18.9 Å². The summed E-state index contributed by atoms with van der Waals surface area (Å²) in [4.78, 5) is 11.0. The van der Waals surface area contributed by atoms with E-state index in [0.29, 0.717) is 23.5 Å². The number of alkyl halides is 1. The fourth-order valence-corrected chi connectivity index (χ4v) is 3.27. The molecule has 2 rings (SSSR count). The first kappa shape index (κ1) is 22.2. The normalized spacial score (nSPS) is 13.0. The summed E-state index contributed by atoms with van der Waals surface area (Å²) in [5.41, 5.74) is 0.397. The number of esters is 1. The first-order chi connectivity index (χ1) is 13.3.